The Kier molecular flexibility index (Phi) is 5.69. The number of hydrogen-bond acceptors (Lipinski definition) is 1. The van der Waals surface area contributed by atoms with Gasteiger partial charge in [0.05, 0.1) is 0 Å². The molecule has 1 nitrogen and oxygen atoms in total. The first-order valence-electron chi connectivity index (χ1n) is 12.0. The van der Waals surface area contributed by atoms with Gasteiger partial charge in [0.25, 0.3) is 0 Å². The summed E-state index contributed by atoms with van der Waals surface area (Å²) in [4.78, 5) is 0. The molecule has 0 aliphatic carbocycles. The molecule has 0 spiro atoms. The van der Waals surface area contributed by atoms with Crippen molar-refractivity contribution in [3.05, 3.63) is 144 Å². The molecule has 0 bridgehead atoms. The largest absolute Gasteiger partial charge is 0.419 e. The third-order valence-corrected chi connectivity index (χ3v) is 7.51. The standard InChI is InChI=1S/C33H25OSi/c35-34-20-19-33(30-16-13-24-7-1-4-10-27(24)21-30,31-17-14-25-8-2-5-11-28(25)22-31)32-18-15-26-9-3-6-12-29(26)23-32/h1-18,21-23H,19-20H2. The monoisotopic (exact) mass is 465 g/mol. The molecular formula is C33H25OSi. The molecule has 0 aliphatic heterocycles. The van der Waals surface area contributed by atoms with E-state index in [1.165, 1.54) is 49.0 Å². The van der Waals surface area contributed by atoms with Crippen LogP contribution < -0.4 is 0 Å². The zero-order valence-electron chi connectivity index (χ0n) is 19.4. The van der Waals surface area contributed by atoms with Crippen molar-refractivity contribution in [2.24, 2.45) is 0 Å². The van der Waals surface area contributed by atoms with Gasteiger partial charge in [-0.3, -0.25) is 0 Å². The van der Waals surface area contributed by atoms with Crippen LogP contribution in [0.2, 0.25) is 0 Å². The minimum atomic E-state index is -0.384. The lowest BCUT2D eigenvalue weighted by molar-refractivity contribution is 0.311. The van der Waals surface area contributed by atoms with Crippen LogP contribution in [0.5, 0.6) is 0 Å². The van der Waals surface area contributed by atoms with E-state index < -0.39 is 0 Å². The average Bonchev–Trinajstić information content (AvgIpc) is 2.93. The van der Waals surface area contributed by atoms with E-state index >= 15 is 0 Å². The van der Waals surface area contributed by atoms with Gasteiger partial charge >= 0.3 is 0 Å². The van der Waals surface area contributed by atoms with Gasteiger partial charge in [-0.05, 0) is 73.6 Å². The van der Waals surface area contributed by atoms with Crippen LogP contribution in [-0.2, 0) is 9.84 Å². The van der Waals surface area contributed by atoms with Gasteiger partial charge in [-0.1, -0.05) is 109 Å². The molecule has 2 heteroatoms. The van der Waals surface area contributed by atoms with Gasteiger partial charge in [-0.2, -0.15) is 0 Å². The molecule has 0 aromatic heterocycles. The number of benzene rings is 6. The topological polar surface area (TPSA) is 9.23 Å². The lowest BCUT2D eigenvalue weighted by Gasteiger charge is -2.37. The van der Waals surface area contributed by atoms with Crippen molar-refractivity contribution >= 4 is 42.8 Å². The minimum absolute atomic E-state index is 0.384. The van der Waals surface area contributed by atoms with E-state index in [1.54, 1.807) is 0 Å². The molecule has 35 heavy (non-hydrogen) atoms. The van der Waals surface area contributed by atoms with E-state index in [0.717, 1.165) is 6.42 Å². The van der Waals surface area contributed by atoms with Crippen molar-refractivity contribution in [2.45, 2.75) is 11.8 Å². The second-order valence-corrected chi connectivity index (χ2v) is 9.48. The fraction of sp³-hybridized carbons (Fsp3) is 0.0909. The maximum absolute atomic E-state index is 5.53. The third-order valence-electron chi connectivity index (χ3n) is 7.31. The maximum atomic E-state index is 5.53. The number of rotatable bonds is 6. The first-order valence-corrected chi connectivity index (χ1v) is 12.5. The van der Waals surface area contributed by atoms with Crippen LogP contribution in [0.15, 0.2) is 127 Å². The van der Waals surface area contributed by atoms with Crippen LogP contribution in [0.3, 0.4) is 0 Å². The van der Waals surface area contributed by atoms with Crippen LogP contribution in [0, 0.1) is 0 Å². The van der Waals surface area contributed by atoms with Crippen molar-refractivity contribution in [1.82, 2.24) is 0 Å². The van der Waals surface area contributed by atoms with Crippen LogP contribution in [-0.4, -0.2) is 17.1 Å². The molecule has 0 unspecified atom stereocenters. The second-order valence-electron chi connectivity index (χ2n) is 9.19. The molecule has 0 saturated carbocycles. The summed E-state index contributed by atoms with van der Waals surface area (Å²) >= 11 is 0. The van der Waals surface area contributed by atoms with Crippen LogP contribution in [0.4, 0.5) is 0 Å². The molecule has 167 valence electrons. The molecule has 0 atom stereocenters. The summed E-state index contributed by atoms with van der Waals surface area (Å²) in [5.74, 6) is 0. The molecule has 3 radical (unpaired) electrons. The van der Waals surface area contributed by atoms with Gasteiger partial charge in [-0.15, -0.1) is 0 Å². The Hall–Kier alpha value is -3.72. The SMILES string of the molecule is [Si]OCCC(c1ccc2ccccc2c1)(c1ccc2ccccc2c1)c1ccc2ccccc2c1. The molecule has 0 heterocycles. The molecule has 0 fully saturated rings. The number of fused-ring (bicyclic) bond motifs is 3. The Morgan fingerprint density at radius 1 is 0.457 bits per heavy atom. The van der Waals surface area contributed by atoms with Gasteiger partial charge in [0.2, 0.25) is 10.5 Å². The van der Waals surface area contributed by atoms with Crippen LogP contribution >= 0.6 is 0 Å². The Bertz CT molecular complexity index is 1460. The van der Waals surface area contributed by atoms with Gasteiger partial charge in [0.15, 0.2) is 0 Å². The normalized spacial score (nSPS) is 11.9. The van der Waals surface area contributed by atoms with Gasteiger partial charge < -0.3 is 4.43 Å². The van der Waals surface area contributed by atoms with E-state index in [2.05, 4.69) is 138 Å². The van der Waals surface area contributed by atoms with Crippen molar-refractivity contribution < 1.29 is 4.43 Å². The molecule has 6 aromatic rings. The quantitative estimate of drug-likeness (QED) is 0.179. The molecule has 6 aromatic carbocycles. The highest BCUT2D eigenvalue weighted by Crippen LogP contribution is 2.44. The Balaban J connectivity index is 1.68. The summed E-state index contributed by atoms with van der Waals surface area (Å²) < 4.78 is 5.53. The zero-order valence-corrected chi connectivity index (χ0v) is 20.4. The summed E-state index contributed by atoms with van der Waals surface area (Å²) in [5.41, 5.74) is 3.42. The third kappa shape index (κ3) is 3.85. The fourth-order valence-electron chi connectivity index (χ4n) is 5.50. The van der Waals surface area contributed by atoms with Crippen molar-refractivity contribution in [3.63, 3.8) is 0 Å². The second kappa shape index (κ2) is 9.14. The molecule has 0 amide bonds. The predicted molar refractivity (Wildman–Crippen MR) is 148 cm³/mol. The first kappa shape index (κ1) is 21.8. The fourth-order valence-corrected chi connectivity index (χ4v) is 5.60. The van der Waals surface area contributed by atoms with Crippen molar-refractivity contribution in [2.75, 3.05) is 6.61 Å². The van der Waals surface area contributed by atoms with Crippen LogP contribution in [0.25, 0.3) is 32.3 Å². The minimum Gasteiger partial charge on any atom is -0.419 e. The van der Waals surface area contributed by atoms with E-state index in [0.29, 0.717) is 6.61 Å². The Labute approximate surface area is 209 Å². The smallest absolute Gasteiger partial charge is 0.246 e. The average molecular weight is 466 g/mol. The van der Waals surface area contributed by atoms with E-state index in [-0.39, 0.29) is 5.41 Å². The zero-order chi connectivity index (χ0) is 23.7. The van der Waals surface area contributed by atoms with Crippen LogP contribution in [0.1, 0.15) is 23.1 Å². The lowest BCUT2D eigenvalue weighted by atomic mass is 9.66. The summed E-state index contributed by atoms with van der Waals surface area (Å²) in [5, 5.41) is 7.48. The van der Waals surface area contributed by atoms with Gasteiger partial charge in [0, 0.05) is 12.0 Å². The molecular weight excluding hydrogens is 440 g/mol. The van der Waals surface area contributed by atoms with E-state index in [4.69, 9.17) is 4.43 Å². The van der Waals surface area contributed by atoms with E-state index in [9.17, 15) is 0 Å². The summed E-state index contributed by atoms with van der Waals surface area (Å²) in [7, 11) is 3.29. The summed E-state index contributed by atoms with van der Waals surface area (Å²) in [6.45, 7) is 0.573. The summed E-state index contributed by atoms with van der Waals surface area (Å²) in [6.07, 6.45) is 0.797. The maximum Gasteiger partial charge on any atom is 0.246 e. The van der Waals surface area contributed by atoms with Gasteiger partial charge in [0.1, 0.15) is 0 Å². The lowest BCUT2D eigenvalue weighted by Crippen LogP contribution is -2.31. The van der Waals surface area contributed by atoms with Crippen molar-refractivity contribution in [3.8, 4) is 0 Å². The highest BCUT2D eigenvalue weighted by molar-refractivity contribution is 5.98. The highest BCUT2D eigenvalue weighted by Gasteiger charge is 2.36. The Morgan fingerprint density at radius 2 is 0.800 bits per heavy atom. The predicted octanol–water partition coefficient (Wildman–Crippen LogP) is 7.97. The Morgan fingerprint density at radius 3 is 1.14 bits per heavy atom. The number of hydrogen-bond donors (Lipinski definition) is 0. The van der Waals surface area contributed by atoms with Gasteiger partial charge in [-0.25, -0.2) is 0 Å². The molecule has 0 N–H and O–H groups in total. The van der Waals surface area contributed by atoms with E-state index in [1.807, 2.05) is 0 Å². The first-order chi connectivity index (χ1) is 17.3. The molecule has 0 saturated heterocycles. The van der Waals surface area contributed by atoms with Crippen molar-refractivity contribution in [1.29, 1.82) is 0 Å². The highest BCUT2D eigenvalue weighted by atomic mass is 28.2. The molecule has 0 aliphatic rings. The summed E-state index contributed by atoms with van der Waals surface area (Å²) in [6, 6.07) is 46.4. The molecule has 6 rings (SSSR count).